The van der Waals surface area contributed by atoms with Crippen LogP contribution in [0.4, 0.5) is 0 Å². The van der Waals surface area contributed by atoms with Gasteiger partial charge in [-0.25, -0.2) is 4.90 Å². The zero-order valence-electron chi connectivity index (χ0n) is 10.6. The molecule has 102 valence electrons. The van der Waals surface area contributed by atoms with Gasteiger partial charge < -0.3 is 11.5 Å². The molecule has 0 unspecified atom stereocenters. The second kappa shape index (κ2) is 7.93. The molecular weight excluding hydrogens is 266 g/mol. The summed E-state index contributed by atoms with van der Waals surface area (Å²) in [5, 5.41) is 0.000000000000000222. The molecule has 0 aliphatic rings. The molecule has 1 aromatic carbocycles. The fourth-order valence-corrected chi connectivity index (χ4v) is 1.22. The van der Waals surface area contributed by atoms with Gasteiger partial charge in [-0.05, 0) is 24.4 Å². The average molecular weight is 281 g/mol. The van der Waals surface area contributed by atoms with Gasteiger partial charge in [-0.3, -0.25) is 14.4 Å². The Hall–Kier alpha value is -2.28. The second-order valence-electron chi connectivity index (χ2n) is 3.45. The second-order valence-corrected chi connectivity index (χ2v) is 3.92. The summed E-state index contributed by atoms with van der Waals surface area (Å²) in [4.78, 5) is 34.5. The molecule has 0 radical (unpaired) electrons. The van der Waals surface area contributed by atoms with E-state index in [2.05, 4.69) is 23.7 Å². The van der Waals surface area contributed by atoms with Crippen LogP contribution in [0.5, 0.6) is 0 Å². The van der Waals surface area contributed by atoms with Gasteiger partial charge in [0.25, 0.3) is 5.91 Å². The maximum Gasteiger partial charge on any atom is 0.267 e. The number of imide groups is 3. The van der Waals surface area contributed by atoms with E-state index in [9.17, 15) is 14.4 Å². The molecule has 0 saturated heterocycles. The minimum Gasteiger partial charge on any atom is -0.377 e. The lowest BCUT2D eigenvalue weighted by Gasteiger charge is -2.14. The zero-order chi connectivity index (χ0) is 15.0. The van der Waals surface area contributed by atoms with Crippen LogP contribution >= 0.6 is 12.2 Å². The van der Waals surface area contributed by atoms with Crippen molar-refractivity contribution in [1.29, 1.82) is 0 Å². The summed E-state index contributed by atoms with van der Waals surface area (Å²) in [5.41, 5.74) is 9.56. The topological polar surface area (TPSA) is 106 Å². The lowest BCUT2D eigenvalue weighted by Crippen LogP contribution is -2.38. The van der Waals surface area contributed by atoms with E-state index >= 15 is 0 Å². The van der Waals surface area contributed by atoms with Crippen molar-refractivity contribution in [2.24, 2.45) is 11.5 Å². The third-order valence-corrected chi connectivity index (χ3v) is 1.85. The van der Waals surface area contributed by atoms with E-state index in [1.807, 2.05) is 0 Å². The minimum atomic E-state index is -0.587. The molecule has 0 heterocycles. The first kappa shape index (κ1) is 16.7. The maximum absolute atomic E-state index is 11.7. The Bertz CT molecular complexity index is 470. The standard InChI is InChI=1S/C11H11NO3.CH4N2S/c1-8(13)12(9(2)14)11(15)10-6-4-3-5-7-10;2-1(3)4/h3-7H,1-2H3;(H4,2,3,4). The van der Waals surface area contributed by atoms with Crippen LogP contribution in [0.25, 0.3) is 0 Å². The van der Waals surface area contributed by atoms with Crippen LogP contribution in [0.15, 0.2) is 30.3 Å². The van der Waals surface area contributed by atoms with Gasteiger partial charge in [0.1, 0.15) is 0 Å². The van der Waals surface area contributed by atoms with Crippen molar-refractivity contribution in [3.05, 3.63) is 35.9 Å². The fraction of sp³-hybridized carbons (Fsp3) is 0.167. The van der Waals surface area contributed by atoms with Crippen LogP contribution in [0.2, 0.25) is 0 Å². The van der Waals surface area contributed by atoms with E-state index < -0.39 is 17.7 Å². The van der Waals surface area contributed by atoms with E-state index in [1.165, 1.54) is 13.8 Å². The van der Waals surface area contributed by atoms with Crippen molar-refractivity contribution in [1.82, 2.24) is 4.90 Å². The highest BCUT2D eigenvalue weighted by molar-refractivity contribution is 7.80. The van der Waals surface area contributed by atoms with Crippen molar-refractivity contribution in [3.63, 3.8) is 0 Å². The number of nitrogens with two attached hydrogens (primary N) is 2. The van der Waals surface area contributed by atoms with E-state index in [0.29, 0.717) is 10.5 Å². The maximum atomic E-state index is 11.7. The van der Waals surface area contributed by atoms with Crippen LogP contribution in [0.3, 0.4) is 0 Å². The molecule has 0 aliphatic heterocycles. The molecule has 0 aliphatic carbocycles. The number of hydrogen-bond donors (Lipinski definition) is 2. The predicted octanol–water partition coefficient (Wildman–Crippen LogP) is 0.411. The quantitative estimate of drug-likeness (QED) is 0.722. The molecule has 4 N–H and O–H groups in total. The number of hydrogen-bond acceptors (Lipinski definition) is 4. The van der Waals surface area contributed by atoms with Gasteiger partial charge in [0.05, 0.1) is 0 Å². The van der Waals surface area contributed by atoms with Gasteiger partial charge in [0.2, 0.25) is 11.8 Å². The highest BCUT2D eigenvalue weighted by Crippen LogP contribution is 2.05. The van der Waals surface area contributed by atoms with Gasteiger partial charge in [0, 0.05) is 19.4 Å². The number of carbonyl (C=O) groups excluding carboxylic acids is 3. The number of nitrogens with zero attached hydrogens (tertiary/aromatic N) is 1. The normalized spacial score (nSPS) is 8.74. The van der Waals surface area contributed by atoms with Gasteiger partial charge in [-0.15, -0.1) is 0 Å². The summed E-state index contributed by atoms with van der Waals surface area (Å²) in [7, 11) is 0. The number of benzene rings is 1. The van der Waals surface area contributed by atoms with Crippen molar-refractivity contribution in [2.45, 2.75) is 13.8 Å². The summed E-state index contributed by atoms with van der Waals surface area (Å²) in [6.07, 6.45) is 0. The predicted molar refractivity (Wildman–Crippen MR) is 74.9 cm³/mol. The monoisotopic (exact) mass is 281 g/mol. The molecule has 6 nitrogen and oxygen atoms in total. The fourth-order valence-electron chi connectivity index (χ4n) is 1.22. The van der Waals surface area contributed by atoms with Crippen molar-refractivity contribution >= 4 is 35.1 Å². The Labute approximate surface area is 116 Å². The van der Waals surface area contributed by atoms with Crippen molar-refractivity contribution in [2.75, 3.05) is 0 Å². The van der Waals surface area contributed by atoms with Crippen molar-refractivity contribution in [3.8, 4) is 0 Å². The van der Waals surface area contributed by atoms with E-state index in [4.69, 9.17) is 0 Å². The van der Waals surface area contributed by atoms with Gasteiger partial charge in [-0.1, -0.05) is 18.2 Å². The summed E-state index contributed by atoms with van der Waals surface area (Å²) in [6.45, 7) is 2.37. The molecule has 0 aromatic heterocycles. The molecule has 0 saturated carbocycles. The largest absolute Gasteiger partial charge is 0.377 e. The number of carbonyl (C=O) groups is 3. The van der Waals surface area contributed by atoms with Crippen LogP contribution in [-0.4, -0.2) is 27.7 Å². The molecule has 19 heavy (non-hydrogen) atoms. The first-order chi connectivity index (χ1) is 8.77. The summed E-state index contributed by atoms with van der Waals surface area (Å²) in [6, 6.07) is 8.21. The molecule has 1 aromatic rings. The highest BCUT2D eigenvalue weighted by Gasteiger charge is 2.23. The molecule has 0 atom stereocenters. The van der Waals surface area contributed by atoms with E-state index in [1.54, 1.807) is 30.3 Å². The average Bonchev–Trinajstić information content (AvgIpc) is 2.28. The lowest BCUT2D eigenvalue weighted by molar-refractivity contribution is -0.138. The summed E-state index contributed by atoms with van der Waals surface area (Å²) < 4.78 is 0. The van der Waals surface area contributed by atoms with E-state index in [0.717, 1.165) is 0 Å². The number of amides is 3. The Balaban J connectivity index is 0.000000711. The third kappa shape index (κ3) is 6.27. The van der Waals surface area contributed by atoms with Crippen LogP contribution in [-0.2, 0) is 9.59 Å². The lowest BCUT2D eigenvalue weighted by atomic mass is 10.2. The van der Waals surface area contributed by atoms with E-state index in [-0.39, 0.29) is 5.11 Å². The first-order valence-electron chi connectivity index (χ1n) is 5.23. The molecule has 1 rings (SSSR count). The SMILES string of the molecule is CC(=O)N(C(C)=O)C(=O)c1ccccc1.NC(N)=S. The van der Waals surface area contributed by atoms with Gasteiger partial charge >= 0.3 is 0 Å². The molecule has 0 bridgehead atoms. The summed E-state index contributed by atoms with van der Waals surface area (Å²) in [5.74, 6) is -1.73. The Morgan fingerprint density at radius 2 is 1.37 bits per heavy atom. The molecule has 7 heteroatoms. The first-order valence-corrected chi connectivity index (χ1v) is 5.63. The smallest absolute Gasteiger partial charge is 0.267 e. The van der Waals surface area contributed by atoms with Gasteiger partial charge in [-0.2, -0.15) is 0 Å². The Kier molecular flexibility index (Phi) is 6.98. The summed E-state index contributed by atoms with van der Waals surface area (Å²) >= 11 is 4.09. The molecular formula is C12H15N3O3S. The third-order valence-electron chi connectivity index (χ3n) is 1.85. The molecule has 0 spiro atoms. The molecule has 0 fully saturated rings. The minimum absolute atomic E-state index is 0.000000000000000222. The molecule has 3 amide bonds. The van der Waals surface area contributed by atoms with Gasteiger partial charge in [0.15, 0.2) is 5.11 Å². The Morgan fingerprint density at radius 1 is 1.00 bits per heavy atom. The highest BCUT2D eigenvalue weighted by atomic mass is 32.1. The van der Waals surface area contributed by atoms with Crippen LogP contribution in [0, 0.1) is 0 Å². The van der Waals surface area contributed by atoms with Crippen LogP contribution in [0.1, 0.15) is 24.2 Å². The number of thiocarbonyl (C=S) groups is 1. The van der Waals surface area contributed by atoms with Crippen LogP contribution < -0.4 is 11.5 Å². The zero-order valence-corrected chi connectivity index (χ0v) is 11.4. The Morgan fingerprint density at radius 3 is 1.68 bits per heavy atom. The number of rotatable bonds is 1. The van der Waals surface area contributed by atoms with Crippen molar-refractivity contribution < 1.29 is 14.4 Å².